The van der Waals surface area contributed by atoms with Crippen LogP contribution in [-0.4, -0.2) is 37.2 Å². The van der Waals surface area contributed by atoms with E-state index in [2.05, 4.69) is 57.2 Å². The summed E-state index contributed by atoms with van der Waals surface area (Å²) in [6.07, 6.45) is 69.9. The molecule has 0 aliphatic heterocycles. The van der Waals surface area contributed by atoms with Gasteiger partial charge in [0.1, 0.15) is 13.2 Å². The summed E-state index contributed by atoms with van der Waals surface area (Å²) in [5.74, 6) is -0.856. The second kappa shape index (κ2) is 58.2. The summed E-state index contributed by atoms with van der Waals surface area (Å²) in [4.78, 5) is 38.2. The Hall–Kier alpha value is -2.37. The molecule has 1 unspecified atom stereocenters. The molecule has 6 heteroatoms. The number of hydrogen-bond acceptors (Lipinski definition) is 6. The van der Waals surface area contributed by atoms with Crippen LogP contribution in [0.4, 0.5) is 0 Å². The third-order valence-electron chi connectivity index (χ3n) is 13.7. The van der Waals surface area contributed by atoms with Crippen LogP contribution >= 0.6 is 0 Å². The summed E-state index contributed by atoms with van der Waals surface area (Å²) >= 11 is 0. The molecule has 0 bridgehead atoms. The minimum atomic E-state index is -0.772. The number of ether oxygens (including phenoxy) is 3. The van der Waals surface area contributed by atoms with Crippen LogP contribution in [0.15, 0.2) is 36.5 Å². The van der Waals surface area contributed by atoms with Crippen LogP contribution in [-0.2, 0) is 28.6 Å². The molecule has 0 fully saturated rings. The minimum absolute atomic E-state index is 0.0698. The van der Waals surface area contributed by atoms with Crippen LogP contribution in [0, 0.1) is 0 Å². The molecule has 0 saturated carbocycles. The molecule has 0 aliphatic carbocycles. The summed E-state index contributed by atoms with van der Waals surface area (Å²) in [6.45, 7) is 6.58. The molecule has 0 saturated heterocycles. The first-order valence-electron chi connectivity index (χ1n) is 30.5. The summed E-state index contributed by atoms with van der Waals surface area (Å²) in [5.41, 5.74) is 0. The van der Waals surface area contributed by atoms with E-state index in [-0.39, 0.29) is 31.1 Å². The van der Waals surface area contributed by atoms with E-state index < -0.39 is 6.10 Å². The molecule has 0 aromatic rings. The molecule has 0 N–H and O–H groups in total. The number of carbonyl (C=O) groups excluding carboxylic acids is 3. The van der Waals surface area contributed by atoms with Crippen molar-refractivity contribution in [2.75, 3.05) is 13.2 Å². The van der Waals surface area contributed by atoms with Gasteiger partial charge in [-0.2, -0.15) is 0 Å². The van der Waals surface area contributed by atoms with Crippen LogP contribution in [0.3, 0.4) is 0 Å². The van der Waals surface area contributed by atoms with Crippen LogP contribution in [0.25, 0.3) is 0 Å². The Bertz CT molecular complexity index is 1160. The number of unbranched alkanes of at least 4 members (excludes halogenated alkanes) is 39. The highest BCUT2D eigenvalue weighted by Crippen LogP contribution is 2.17. The van der Waals surface area contributed by atoms with Gasteiger partial charge in [-0.15, -0.1) is 0 Å². The Morgan fingerprint density at radius 1 is 0.304 bits per heavy atom. The van der Waals surface area contributed by atoms with Gasteiger partial charge in [-0.3, -0.25) is 14.4 Å². The van der Waals surface area contributed by atoms with Gasteiger partial charge < -0.3 is 14.2 Å². The number of carbonyl (C=O) groups is 3. The summed E-state index contributed by atoms with van der Waals surface area (Å²) < 4.78 is 16.9. The average Bonchev–Trinajstić information content (AvgIpc) is 3.35. The van der Waals surface area contributed by atoms with Crippen molar-refractivity contribution in [3.63, 3.8) is 0 Å². The zero-order chi connectivity index (χ0) is 50.0. The fraction of sp³-hybridized carbons (Fsp3) is 0.857. The van der Waals surface area contributed by atoms with Crippen LogP contribution in [0.2, 0.25) is 0 Å². The van der Waals surface area contributed by atoms with Crippen molar-refractivity contribution in [3.8, 4) is 0 Å². The molecule has 0 aliphatic rings. The monoisotopic (exact) mass is 969 g/mol. The van der Waals surface area contributed by atoms with E-state index in [1.54, 1.807) is 0 Å². The Morgan fingerprint density at radius 3 is 0.884 bits per heavy atom. The largest absolute Gasteiger partial charge is 0.462 e. The highest BCUT2D eigenvalue weighted by molar-refractivity contribution is 5.71. The lowest BCUT2D eigenvalue weighted by Gasteiger charge is -2.18. The Labute approximate surface area is 429 Å². The first-order chi connectivity index (χ1) is 34.0. The molecule has 6 nitrogen and oxygen atoms in total. The molecule has 0 spiro atoms. The van der Waals surface area contributed by atoms with Crippen molar-refractivity contribution in [3.05, 3.63) is 36.5 Å². The fourth-order valence-corrected chi connectivity index (χ4v) is 9.11. The van der Waals surface area contributed by atoms with E-state index >= 15 is 0 Å². The van der Waals surface area contributed by atoms with Crippen molar-refractivity contribution in [2.45, 2.75) is 335 Å². The smallest absolute Gasteiger partial charge is 0.306 e. The Morgan fingerprint density at radius 2 is 0.565 bits per heavy atom. The maximum absolute atomic E-state index is 12.9. The summed E-state index contributed by atoms with van der Waals surface area (Å²) in [5, 5.41) is 0. The molecule has 0 heterocycles. The number of esters is 3. The first kappa shape index (κ1) is 66.6. The van der Waals surface area contributed by atoms with Gasteiger partial charge in [0.15, 0.2) is 6.10 Å². The predicted octanol–water partition coefficient (Wildman–Crippen LogP) is 20.4. The topological polar surface area (TPSA) is 78.9 Å². The molecule has 404 valence electrons. The third kappa shape index (κ3) is 56.4. The van der Waals surface area contributed by atoms with E-state index in [4.69, 9.17) is 14.2 Å². The van der Waals surface area contributed by atoms with Crippen molar-refractivity contribution in [1.29, 1.82) is 0 Å². The normalized spacial score (nSPS) is 12.2. The maximum atomic E-state index is 12.9. The van der Waals surface area contributed by atoms with Crippen LogP contribution < -0.4 is 0 Å². The van der Waals surface area contributed by atoms with Crippen molar-refractivity contribution < 1.29 is 28.6 Å². The van der Waals surface area contributed by atoms with Gasteiger partial charge in [-0.05, 0) is 51.4 Å². The molecule has 1 atom stereocenters. The third-order valence-corrected chi connectivity index (χ3v) is 13.7. The van der Waals surface area contributed by atoms with Gasteiger partial charge in [-0.25, -0.2) is 0 Å². The minimum Gasteiger partial charge on any atom is -0.462 e. The Balaban J connectivity index is 4.34. The molecule has 0 radical (unpaired) electrons. The van der Waals surface area contributed by atoms with Gasteiger partial charge in [0.25, 0.3) is 0 Å². The fourth-order valence-electron chi connectivity index (χ4n) is 9.11. The molecule has 69 heavy (non-hydrogen) atoms. The Kier molecular flexibility index (Phi) is 56.2. The second-order valence-corrected chi connectivity index (χ2v) is 20.6. The van der Waals surface area contributed by atoms with Crippen molar-refractivity contribution in [2.24, 2.45) is 0 Å². The number of allylic oxidation sites excluding steroid dienone is 6. The van der Waals surface area contributed by atoms with Gasteiger partial charge >= 0.3 is 17.9 Å². The molecule has 0 rings (SSSR count). The average molecular weight is 970 g/mol. The molecular formula is C63H116O6. The quantitative estimate of drug-likeness (QED) is 0.0261. The van der Waals surface area contributed by atoms with E-state index in [9.17, 15) is 14.4 Å². The zero-order valence-electron chi connectivity index (χ0n) is 46.3. The second-order valence-electron chi connectivity index (χ2n) is 20.6. The molecule has 0 aromatic carbocycles. The molecule has 0 amide bonds. The van der Waals surface area contributed by atoms with E-state index in [1.165, 1.54) is 205 Å². The van der Waals surface area contributed by atoms with Crippen molar-refractivity contribution in [1.82, 2.24) is 0 Å². The van der Waals surface area contributed by atoms with Crippen LogP contribution in [0.5, 0.6) is 0 Å². The lowest BCUT2D eigenvalue weighted by molar-refractivity contribution is -0.167. The summed E-state index contributed by atoms with van der Waals surface area (Å²) in [6, 6.07) is 0. The van der Waals surface area contributed by atoms with Gasteiger partial charge in [-0.1, -0.05) is 295 Å². The van der Waals surface area contributed by atoms with Gasteiger partial charge in [0, 0.05) is 19.3 Å². The van der Waals surface area contributed by atoms with Crippen molar-refractivity contribution >= 4 is 17.9 Å². The lowest BCUT2D eigenvalue weighted by atomic mass is 10.0. The highest BCUT2D eigenvalue weighted by Gasteiger charge is 2.19. The SMILES string of the molecule is CC/C=C\C/C=C\C/C=C\CCCCCCCCCC(=O)OCC(COC(=O)CCCCCCCCCCCCCCCCCCC)OC(=O)CCCCCCCCCCCCCCCCCCC. The van der Waals surface area contributed by atoms with E-state index in [0.29, 0.717) is 19.3 Å². The first-order valence-corrected chi connectivity index (χ1v) is 30.5. The zero-order valence-corrected chi connectivity index (χ0v) is 46.3. The van der Waals surface area contributed by atoms with Gasteiger partial charge in [0.05, 0.1) is 0 Å². The van der Waals surface area contributed by atoms with E-state index in [1.807, 2.05) is 0 Å². The molecular weight excluding hydrogens is 853 g/mol. The van der Waals surface area contributed by atoms with E-state index in [0.717, 1.165) is 83.5 Å². The lowest BCUT2D eigenvalue weighted by Crippen LogP contribution is -2.30. The predicted molar refractivity (Wildman–Crippen MR) is 298 cm³/mol. The summed E-state index contributed by atoms with van der Waals surface area (Å²) in [7, 11) is 0. The maximum Gasteiger partial charge on any atom is 0.306 e. The molecule has 0 aromatic heterocycles. The number of hydrogen-bond donors (Lipinski definition) is 0. The van der Waals surface area contributed by atoms with Gasteiger partial charge in [0.2, 0.25) is 0 Å². The highest BCUT2D eigenvalue weighted by atomic mass is 16.6. The standard InChI is InChI=1S/C63H116O6/c1-4-7-10-13-16-19-22-25-28-31-34-37-40-43-46-49-52-55-61(64)67-58-60(69-63(66)57-54-51-48-45-42-39-36-33-30-27-24-21-18-15-12-9-6-3)59-68-62(65)56-53-50-47-44-41-38-35-32-29-26-23-20-17-14-11-8-5-2/h7,10,16,19,25,28,60H,4-6,8-9,11-15,17-18,20-24,26-27,29-59H2,1-3H3/b10-7-,19-16-,28-25-. The van der Waals surface area contributed by atoms with Crippen LogP contribution in [0.1, 0.15) is 329 Å². The number of rotatable bonds is 56.